The van der Waals surface area contributed by atoms with E-state index in [1.807, 2.05) is 18.7 Å². The van der Waals surface area contributed by atoms with Gasteiger partial charge in [0.15, 0.2) is 11.7 Å². The van der Waals surface area contributed by atoms with Gasteiger partial charge in [-0.3, -0.25) is 9.79 Å². The number of amides is 1. The van der Waals surface area contributed by atoms with Gasteiger partial charge < -0.3 is 20.0 Å². The van der Waals surface area contributed by atoms with Crippen molar-refractivity contribution >= 4 is 23.6 Å². The highest BCUT2D eigenvalue weighted by molar-refractivity contribution is 8.00. The first-order chi connectivity index (χ1) is 11.9. The van der Waals surface area contributed by atoms with Crippen molar-refractivity contribution in [1.29, 1.82) is 0 Å². The van der Waals surface area contributed by atoms with E-state index < -0.39 is 0 Å². The Balaban J connectivity index is 1.79. The van der Waals surface area contributed by atoms with E-state index in [9.17, 15) is 4.79 Å². The van der Waals surface area contributed by atoms with E-state index in [0.29, 0.717) is 18.8 Å². The van der Waals surface area contributed by atoms with Crippen molar-refractivity contribution in [2.75, 3.05) is 38.5 Å². The first kappa shape index (κ1) is 19.7. The fraction of sp³-hybridized carbons (Fsp3) is 0.667. The van der Waals surface area contributed by atoms with Crippen molar-refractivity contribution < 1.29 is 9.21 Å². The lowest BCUT2D eigenvalue weighted by Crippen LogP contribution is -2.51. The minimum atomic E-state index is -0.159. The summed E-state index contributed by atoms with van der Waals surface area (Å²) in [5.41, 5.74) is 0.857. The zero-order valence-corrected chi connectivity index (χ0v) is 16.5. The van der Waals surface area contributed by atoms with Crippen LogP contribution in [0.2, 0.25) is 0 Å². The molecule has 1 aromatic rings. The van der Waals surface area contributed by atoms with Crippen LogP contribution in [-0.2, 0) is 0 Å². The van der Waals surface area contributed by atoms with Crippen molar-refractivity contribution in [3.05, 3.63) is 23.7 Å². The fourth-order valence-corrected chi connectivity index (χ4v) is 3.89. The van der Waals surface area contributed by atoms with Gasteiger partial charge in [-0.05, 0) is 40.2 Å². The Morgan fingerprint density at radius 3 is 2.88 bits per heavy atom. The predicted octanol–water partition coefficient (Wildman–Crippen LogP) is 2.50. The molecule has 0 aromatic carbocycles. The minimum absolute atomic E-state index is 0.159. The summed E-state index contributed by atoms with van der Waals surface area (Å²) < 4.78 is 5.45. The van der Waals surface area contributed by atoms with Crippen LogP contribution in [0.4, 0.5) is 0 Å². The molecule has 0 radical (unpaired) electrons. The van der Waals surface area contributed by atoms with Gasteiger partial charge in [-0.25, -0.2) is 0 Å². The van der Waals surface area contributed by atoms with Crippen LogP contribution in [-0.4, -0.2) is 60.0 Å². The molecule has 7 heteroatoms. The molecule has 2 rings (SSSR count). The Kier molecular flexibility index (Phi) is 7.23. The highest BCUT2D eigenvalue weighted by Crippen LogP contribution is 2.29. The van der Waals surface area contributed by atoms with Crippen molar-refractivity contribution in [3.63, 3.8) is 0 Å². The molecule has 0 aliphatic carbocycles. The predicted molar refractivity (Wildman–Crippen MR) is 104 cm³/mol. The molecular weight excluding hydrogens is 336 g/mol. The second-order valence-electron chi connectivity index (χ2n) is 6.81. The number of nitrogens with zero attached hydrogens (tertiary/aromatic N) is 2. The number of carbonyl (C=O) groups is 1. The molecule has 1 aliphatic rings. The number of hydrogen-bond acceptors (Lipinski definition) is 4. The van der Waals surface area contributed by atoms with E-state index in [4.69, 9.17) is 9.41 Å². The van der Waals surface area contributed by atoms with Gasteiger partial charge >= 0.3 is 0 Å². The molecule has 1 aromatic heterocycles. The van der Waals surface area contributed by atoms with E-state index in [2.05, 4.69) is 36.3 Å². The Bertz CT molecular complexity index is 598. The van der Waals surface area contributed by atoms with E-state index in [1.54, 1.807) is 6.07 Å². The first-order valence-corrected chi connectivity index (χ1v) is 9.91. The van der Waals surface area contributed by atoms with Crippen LogP contribution in [0.15, 0.2) is 21.7 Å². The third kappa shape index (κ3) is 5.99. The summed E-state index contributed by atoms with van der Waals surface area (Å²) >= 11 is 2.01. The van der Waals surface area contributed by atoms with Gasteiger partial charge in [0.2, 0.25) is 0 Å². The van der Waals surface area contributed by atoms with Crippen molar-refractivity contribution in [3.8, 4) is 0 Å². The van der Waals surface area contributed by atoms with Crippen molar-refractivity contribution in [2.45, 2.75) is 38.9 Å². The Morgan fingerprint density at radius 2 is 2.24 bits per heavy atom. The number of aryl methyl sites for hydroxylation is 1. The Morgan fingerprint density at radius 1 is 1.44 bits per heavy atom. The second kappa shape index (κ2) is 9.17. The van der Waals surface area contributed by atoms with Crippen LogP contribution < -0.4 is 10.6 Å². The topological polar surface area (TPSA) is 69.9 Å². The standard InChI is InChI=1S/C18H30N4O2S/c1-5-19-17(22-10-12-25-18(3,4)13-22)21-9-6-8-20-16(23)15-14(2)7-11-24-15/h7,11H,5-6,8-10,12-13H2,1-4H3,(H,19,21)(H,20,23). The summed E-state index contributed by atoms with van der Waals surface area (Å²) in [7, 11) is 0. The summed E-state index contributed by atoms with van der Waals surface area (Å²) in [5, 5.41) is 6.27. The van der Waals surface area contributed by atoms with Gasteiger partial charge in [-0.15, -0.1) is 0 Å². The van der Waals surface area contributed by atoms with Crippen molar-refractivity contribution in [2.24, 2.45) is 4.99 Å². The molecule has 2 heterocycles. The molecule has 0 bridgehead atoms. The second-order valence-corrected chi connectivity index (χ2v) is 8.61. The number of carbonyl (C=O) groups excluding carboxylic acids is 1. The summed E-state index contributed by atoms with van der Waals surface area (Å²) in [6.45, 7) is 12.7. The fourth-order valence-electron chi connectivity index (χ4n) is 2.77. The zero-order chi connectivity index (χ0) is 18.3. The minimum Gasteiger partial charge on any atom is -0.459 e. The Labute approximate surface area is 154 Å². The highest BCUT2D eigenvalue weighted by Gasteiger charge is 2.28. The zero-order valence-electron chi connectivity index (χ0n) is 15.7. The van der Waals surface area contributed by atoms with Gasteiger partial charge in [0.05, 0.1) is 6.26 Å². The maximum atomic E-state index is 12.0. The summed E-state index contributed by atoms with van der Waals surface area (Å²) in [4.78, 5) is 19.0. The van der Waals surface area contributed by atoms with Gasteiger partial charge in [-0.1, -0.05) is 0 Å². The molecule has 1 amide bonds. The van der Waals surface area contributed by atoms with Crippen molar-refractivity contribution in [1.82, 2.24) is 15.5 Å². The van der Waals surface area contributed by atoms with E-state index >= 15 is 0 Å². The largest absolute Gasteiger partial charge is 0.459 e. The van der Waals surface area contributed by atoms with Crippen LogP contribution in [0.5, 0.6) is 0 Å². The SMILES string of the molecule is CCNC(=NCCCNC(=O)c1occc1C)N1CCSC(C)(C)C1. The smallest absolute Gasteiger partial charge is 0.287 e. The lowest BCUT2D eigenvalue weighted by Gasteiger charge is -2.39. The number of furan rings is 1. The molecule has 140 valence electrons. The highest BCUT2D eigenvalue weighted by atomic mass is 32.2. The Hall–Kier alpha value is -1.63. The van der Waals surface area contributed by atoms with Crippen LogP contribution in [0, 0.1) is 6.92 Å². The van der Waals surface area contributed by atoms with Gasteiger partial charge in [0.25, 0.3) is 5.91 Å². The third-order valence-electron chi connectivity index (χ3n) is 4.01. The lowest BCUT2D eigenvalue weighted by atomic mass is 10.2. The number of guanidine groups is 1. The monoisotopic (exact) mass is 366 g/mol. The molecule has 2 N–H and O–H groups in total. The summed E-state index contributed by atoms with van der Waals surface area (Å²) in [5.74, 6) is 2.33. The summed E-state index contributed by atoms with van der Waals surface area (Å²) in [6.07, 6.45) is 2.34. The number of thioether (sulfide) groups is 1. The molecule has 0 atom stereocenters. The number of rotatable bonds is 6. The maximum absolute atomic E-state index is 12.0. The molecule has 0 spiro atoms. The van der Waals surface area contributed by atoms with Crippen LogP contribution >= 0.6 is 11.8 Å². The molecule has 1 aliphatic heterocycles. The van der Waals surface area contributed by atoms with E-state index in [1.165, 1.54) is 6.26 Å². The van der Waals surface area contributed by atoms with Crippen LogP contribution in [0.3, 0.4) is 0 Å². The molecule has 25 heavy (non-hydrogen) atoms. The number of hydrogen-bond donors (Lipinski definition) is 2. The van der Waals surface area contributed by atoms with Gasteiger partial charge in [0.1, 0.15) is 0 Å². The average molecular weight is 367 g/mol. The molecule has 1 fully saturated rings. The van der Waals surface area contributed by atoms with E-state index in [-0.39, 0.29) is 10.7 Å². The van der Waals surface area contributed by atoms with Gasteiger partial charge in [0, 0.05) is 48.8 Å². The molecule has 0 saturated carbocycles. The third-order valence-corrected chi connectivity index (χ3v) is 5.31. The van der Waals surface area contributed by atoms with E-state index in [0.717, 1.165) is 43.3 Å². The quantitative estimate of drug-likeness (QED) is 0.460. The number of aliphatic imine (C=N–C) groups is 1. The van der Waals surface area contributed by atoms with Crippen LogP contribution in [0.25, 0.3) is 0 Å². The van der Waals surface area contributed by atoms with Crippen LogP contribution in [0.1, 0.15) is 43.3 Å². The molecular formula is C18H30N4O2S. The molecule has 0 unspecified atom stereocenters. The first-order valence-electron chi connectivity index (χ1n) is 8.92. The normalized spacial score (nSPS) is 17.4. The molecule has 1 saturated heterocycles. The summed E-state index contributed by atoms with van der Waals surface area (Å²) in [6, 6.07) is 1.79. The number of nitrogens with one attached hydrogen (secondary N) is 2. The average Bonchev–Trinajstić information content (AvgIpc) is 2.98. The van der Waals surface area contributed by atoms with Gasteiger partial charge in [-0.2, -0.15) is 11.8 Å². The maximum Gasteiger partial charge on any atom is 0.287 e. The molecule has 6 nitrogen and oxygen atoms in total. The lowest BCUT2D eigenvalue weighted by molar-refractivity contribution is 0.0925.